The molecule has 0 aliphatic heterocycles. The van der Waals surface area contributed by atoms with Crippen LogP contribution in [-0.2, 0) is 16.0 Å². The van der Waals surface area contributed by atoms with E-state index in [2.05, 4.69) is 4.74 Å². The summed E-state index contributed by atoms with van der Waals surface area (Å²) in [6.45, 7) is 1.66. The van der Waals surface area contributed by atoms with Crippen molar-refractivity contribution in [2.75, 3.05) is 6.61 Å². The molecule has 0 aliphatic rings. The predicted octanol–water partition coefficient (Wildman–Crippen LogP) is 1.56. The number of hydrogen-bond acceptors (Lipinski definition) is 3. The standard InChI is InChI=1S/C10H10F3NO3/c1-2-17-7(15)4-5-3-6(8(11)12)10(16)14-9(5)13/h3,8H,2,4H2,1H3,(H,14,16). The molecule has 1 rings (SSSR count). The number of esters is 1. The van der Waals surface area contributed by atoms with Crippen molar-refractivity contribution in [2.45, 2.75) is 19.8 Å². The first-order chi connectivity index (χ1) is 7.95. The topological polar surface area (TPSA) is 59.2 Å². The van der Waals surface area contributed by atoms with Crippen molar-refractivity contribution in [3.05, 3.63) is 33.5 Å². The van der Waals surface area contributed by atoms with E-state index in [4.69, 9.17) is 0 Å². The first-order valence-corrected chi connectivity index (χ1v) is 4.81. The molecule has 0 saturated carbocycles. The van der Waals surface area contributed by atoms with Gasteiger partial charge >= 0.3 is 5.97 Å². The van der Waals surface area contributed by atoms with Crippen LogP contribution in [0.4, 0.5) is 13.2 Å². The van der Waals surface area contributed by atoms with Crippen molar-refractivity contribution in [3.8, 4) is 0 Å². The van der Waals surface area contributed by atoms with E-state index >= 15 is 0 Å². The van der Waals surface area contributed by atoms with E-state index < -0.39 is 35.9 Å². The number of aromatic nitrogens is 1. The number of halogens is 3. The van der Waals surface area contributed by atoms with Crippen LogP contribution in [0, 0.1) is 5.95 Å². The Morgan fingerprint density at radius 2 is 2.18 bits per heavy atom. The molecule has 0 aromatic carbocycles. The van der Waals surface area contributed by atoms with Gasteiger partial charge in [0.15, 0.2) is 5.95 Å². The van der Waals surface area contributed by atoms with Crippen molar-refractivity contribution in [2.24, 2.45) is 0 Å². The monoisotopic (exact) mass is 249 g/mol. The van der Waals surface area contributed by atoms with Gasteiger partial charge in [-0.3, -0.25) is 14.6 Å². The lowest BCUT2D eigenvalue weighted by Crippen LogP contribution is -2.18. The van der Waals surface area contributed by atoms with E-state index in [-0.39, 0.29) is 12.2 Å². The summed E-state index contributed by atoms with van der Waals surface area (Å²) >= 11 is 0. The van der Waals surface area contributed by atoms with E-state index in [1.54, 1.807) is 11.9 Å². The Labute approximate surface area is 94.4 Å². The summed E-state index contributed by atoms with van der Waals surface area (Å²) in [5.74, 6) is -1.86. The minimum absolute atomic E-state index is 0.103. The summed E-state index contributed by atoms with van der Waals surface area (Å²) in [6.07, 6.45) is -3.53. The summed E-state index contributed by atoms with van der Waals surface area (Å²) in [7, 11) is 0. The highest BCUT2D eigenvalue weighted by atomic mass is 19.3. The molecule has 0 spiro atoms. The summed E-state index contributed by atoms with van der Waals surface area (Å²) in [6, 6.07) is 0.676. The van der Waals surface area contributed by atoms with E-state index in [1.807, 2.05) is 0 Å². The van der Waals surface area contributed by atoms with Gasteiger partial charge in [0.2, 0.25) is 0 Å². The molecular formula is C10H10F3NO3. The average molecular weight is 249 g/mol. The van der Waals surface area contributed by atoms with Crippen LogP contribution >= 0.6 is 0 Å². The lowest BCUT2D eigenvalue weighted by atomic mass is 10.1. The molecule has 0 amide bonds. The average Bonchev–Trinajstić information content (AvgIpc) is 2.21. The number of carbonyl (C=O) groups is 1. The number of alkyl halides is 2. The molecular weight excluding hydrogens is 239 g/mol. The number of nitrogens with one attached hydrogen (secondary N) is 1. The molecule has 0 bridgehead atoms. The van der Waals surface area contributed by atoms with Crippen LogP contribution in [0.2, 0.25) is 0 Å². The quantitative estimate of drug-likeness (QED) is 0.650. The smallest absolute Gasteiger partial charge is 0.310 e. The number of ether oxygens (including phenoxy) is 1. The number of H-pyrrole nitrogens is 1. The fourth-order valence-corrected chi connectivity index (χ4v) is 1.23. The largest absolute Gasteiger partial charge is 0.466 e. The third kappa shape index (κ3) is 3.33. The number of pyridine rings is 1. The molecule has 4 nitrogen and oxygen atoms in total. The first-order valence-electron chi connectivity index (χ1n) is 4.81. The molecule has 0 unspecified atom stereocenters. The molecule has 1 aromatic rings. The molecule has 17 heavy (non-hydrogen) atoms. The van der Waals surface area contributed by atoms with Gasteiger partial charge < -0.3 is 4.74 Å². The summed E-state index contributed by atoms with van der Waals surface area (Å²) in [5, 5.41) is 0. The van der Waals surface area contributed by atoms with Gasteiger partial charge in [0.1, 0.15) is 0 Å². The normalized spacial score (nSPS) is 10.6. The zero-order chi connectivity index (χ0) is 13.0. The maximum atomic E-state index is 13.2. The maximum Gasteiger partial charge on any atom is 0.310 e. The van der Waals surface area contributed by atoms with Crippen molar-refractivity contribution < 1.29 is 22.7 Å². The molecule has 1 N–H and O–H groups in total. The Morgan fingerprint density at radius 3 is 2.71 bits per heavy atom. The van der Waals surface area contributed by atoms with Crippen molar-refractivity contribution in [1.29, 1.82) is 0 Å². The van der Waals surface area contributed by atoms with Gasteiger partial charge in [0.05, 0.1) is 18.6 Å². The molecule has 0 atom stereocenters. The lowest BCUT2D eigenvalue weighted by molar-refractivity contribution is -0.142. The van der Waals surface area contributed by atoms with E-state index in [1.165, 1.54) is 0 Å². The van der Waals surface area contributed by atoms with Crippen LogP contribution in [-0.4, -0.2) is 17.6 Å². The zero-order valence-electron chi connectivity index (χ0n) is 8.93. The number of carbonyl (C=O) groups excluding carboxylic acids is 1. The summed E-state index contributed by atoms with van der Waals surface area (Å²) in [5.41, 5.74) is -2.39. The maximum absolute atomic E-state index is 13.2. The highest BCUT2D eigenvalue weighted by Gasteiger charge is 2.17. The van der Waals surface area contributed by atoms with Gasteiger partial charge in [-0.25, -0.2) is 8.78 Å². The van der Waals surface area contributed by atoms with E-state index in [0.717, 1.165) is 0 Å². The third-order valence-corrected chi connectivity index (χ3v) is 1.97. The lowest BCUT2D eigenvalue weighted by Gasteiger charge is -2.05. The number of rotatable bonds is 4. The fourth-order valence-electron chi connectivity index (χ4n) is 1.23. The van der Waals surface area contributed by atoms with E-state index in [0.29, 0.717) is 6.07 Å². The molecule has 0 fully saturated rings. The highest BCUT2D eigenvalue weighted by molar-refractivity contribution is 5.72. The highest BCUT2D eigenvalue weighted by Crippen LogP contribution is 2.17. The molecule has 1 aromatic heterocycles. The number of hydrogen-bond donors (Lipinski definition) is 1. The Morgan fingerprint density at radius 1 is 1.53 bits per heavy atom. The fraction of sp³-hybridized carbons (Fsp3) is 0.400. The first kappa shape index (κ1) is 13.3. The van der Waals surface area contributed by atoms with Crippen molar-refractivity contribution in [3.63, 3.8) is 0 Å². The van der Waals surface area contributed by atoms with Crippen LogP contribution < -0.4 is 5.56 Å². The second kappa shape index (κ2) is 5.51. The zero-order valence-corrected chi connectivity index (χ0v) is 8.93. The van der Waals surface area contributed by atoms with Crippen LogP contribution in [0.15, 0.2) is 10.9 Å². The molecule has 0 radical (unpaired) electrons. The van der Waals surface area contributed by atoms with Crippen molar-refractivity contribution >= 4 is 5.97 Å². The van der Waals surface area contributed by atoms with Gasteiger partial charge in [0.25, 0.3) is 12.0 Å². The van der Waals surface area contributed by atoms with Gasteiger partial charge in [-0.1, -0.05) is 0 Å². The van der Waals surface area contributed by atoms with Crippen LogP contribution in [0.5, 0.6) is 0 Å². The Bertz CT molecular complexity index is 470. The molecule has 1 heterocycles. The predicted molar refractivity (Wildman–Crippen MR) is 52.3 cm³/mol. The molecule has 0 aliphatic carbocycles. The van der Waals surface area contributed by atoms with Crippen molar-refractivity contribution in [1.82, 2.24) is 4.98 Å². The third-order valence-electron chi connectivity index (χ3n) is 1.97. The van der Waals surface area contributed by atoms with Gasteiger partial charge in [-0.05, 0) is 13.0 Å². The van der Waals surface area contributed by atoms with Crippen LogP contribution in [0.3, 0.4) is 0 Å². The molecule has 0 saturated heterocycles. The Kier molecular flexibility index (Phi) is 4.30. The minimum Gasteiger partial charge on any atom is -0.466 e. The summed E-state index contributed by atoms with van der Waals surface area (Å²) < 4.78 is 42.5. The Hall–Kier alpha value is -1.79. The van der Waals surface area contributed by atoms with Crippen LogP contribution in [0.25, 0.3) is 0 Å². The van der Waals surface area contributed by atoms with Gasteiger partial charge in [-0.2, -0.15) is 4.39 Å². The Balaban J connectivity index is 3.04. The molecule has 94 valence electrons. The summed E-state index contributed by atoms with van der Waals surface area (Å²) in [4.78, 5) is 23.6. The second-order valence-corrected chi connectivity index (χ2v) is 3.18. The molecule has 7 heteroatoms. The SMILES string of the molecule is CCOC(=O)Cc1cc(C(F)F)c(=O)[nH]c1F. The minimum atomic E-state index is -3.03. The van der Waals surface area contributed by atoms with Gasteiger partial charge in [-0.15, -0.1) is 0 Å². The van der Waals surface area contributed by atoms with Crippen LogP contribution in [0.1, 0.15) is 24.5 Å². The van der Waals surface area contributed by atoms with E-state index in [9.17, 15) is 22.8 Å². The van der Waals surface area contributed by atoms with Gasteiger partial charge in [0, 0.05) is 5.56 Å². The second-order valence-electron chi connectivity index (χ2n) is 3.18. The number of aromatic amines is 1.